The molecule has 2 aromatic rings. The molecule has 0 aliphatic carbocycles. The number of benzene rings is 2. The molecule has 0 aliphatic rings. The summed E-state index contributed by atoms with van der Waals surface area (Å²) in [5, 5.41) is 5.35. The van der Waals surface area contributed by atoms with Crippen LogP contribution in [0.15, 0.2) is 42.5 Å². The van der Waals surface area contributed by atoms with E-state index in [0.717, 1.165) is 6.42 Å². The van der Waals surface area contributed by atoms with Crippen molar-refractivity contribution in [1.29, 1.82) is 0 Å². The summed E-state index contributed by atoms with van der Waals surface area (Å²) < 4.78 is 4.25. The molecule has 1 amide bonds. The van der Waals surface area contributed by atoms with E-state index in [1.165, 1.54) is 16.3 Å². The van der Waals surface area contributed by atoms with Crippen molar-refractivity contribution in [2.45, 2.75) is 13.3 Å². The molecule has 1 N–H and O–H groups in total. The van der Waals surface area contributed by atoms with Gasteiger partial charge in [-0.3, -0.25) is 4.79 Å². The fraction of sp³-hybridized carbons (Fsp3) is 0.312. The average molecular weight is 259 g/mol. The molecule has 0 heterocycles. The summed E-state index contributed by atoms with van der Waals surface area (Å²) in [5.41, 5.74) is 1.28. The maximum Gasteiger partial charge on any atom is 0.216 e. The summed E-state index contributed by atoms with van der Waals surface area (Å²) >= 11 is 0. The Hall–Kier alpha value is -1.87. The molecule has 0 bridgehead atoms. The van der Waals surface area contributed by atoms with Crippen LogP contribution in [0.3, 0.4) is 0 Å². The second-order valence-corrected chi connectivity index (χ2v) is 4.28. The van der Waals surface area contributed by atoms with Crippen LogP contribution in [0.25, 0.3) is 10.8 Å². The van der Waals surface area contributed by atoms with E-state index in [9.17, 15) is 4.79 Å². The van der Waals surface area contributed by atoms with E-state index < -0.39 is 0 Å². The molecule has 0 aromatic heterocycles. The zero-order valence-corrected chi connectivity index (χ0v) is 11.8. The van der Waals surface area contributed by atoms with Crippen LogP contribution in [0.2, 0.25) is 0 Å². The summed E-state index contributed by atoms with van der Waals surface area (Å²) in [5.74, 6) is 0.0280. The van der Waals surface area contributed by atoms with Crippen molar-refractivity contribution in [2.24, 2.45) is 0 Å². The Bertz CT molecular complexity index is 518. The normalized spacial score (nSPS) is 9.63. The second-order valence-electron chi connectivity index (χ2n) is 4.28. The number of rotatable bonds is 3. The number of fused-ring (bicyclic) bond motifs is 1. The van der Waals surface area contributed by atoms with Crippen molar-refractivity contribution in [3.8, 4) is 0 Å². The molecule has 0 saturated heterocycles. The van der Waals surface area contributed by atoms with Crippen LogP contribution < -0.4 is 5.32 Å². The fourth-order valence-corrected chi connectivity index (χ4v) is 1.88. The molecule has 2 aromatic carbocycles. The predicted molar refractivity (Wildman–Crippen MR) is 79.3 cm³/mol. The molecular formula is C16H21NO2. The lowest BCUT2D eigenvalue weighted by atomic mass is 10.0. The number of hydrogen-bond donors (Lipinski definition) is 1. The molecular weight excluding hydrogens is 238 g/mol. The molecule has 2 rings (SSSR count). The van der Waals surface area contributed by atoms with Gasteiger partial charge in [-0.1, -0.05) is 42.5 Å². The lowest BCUT2D eigenvalue weighted by Crippen LogP contribution is -2.22. The Labute approximate surface area is 114 Å². The lowest BCUT2D eigenvalue weighted by molar-refractivity contribution is -0.118. The number of hydrogen-bond acceptors (Lipinski definition) is 2. The van der Waals surface area contributed by atoms with E-state index >= 15 is 0 Å². The molecule has 3 nitrogen and oxygen atoms in total. The zero-order chi connectivity index (χ0) is 14.1. The molecule has 102 valence electrons. The molecule has 0 fully saturated rings. The van der Waals surface area contributed by atoms with Crippen LogP contribution in [-0.4, -0.2) is 26.7 Å². The Morgan fingerprint density at radius 3 is 2.42 bits per heavy atom. The van der Waals surface area contributed by atoms with Gasteiger partial charge in [0.25, 0.3) is 0 Å². The van der Waals surface area contributed by atoms with Gasteiger partial charge in [0, 0.05) is 27.7 Å². The first-order chi connectivity index (χ1) is 9.19. The van der Waals surface area contributed by atoms with Gasteiger partial charge in [-0.2, -0.15) is 0 Å². The van der Waals surface area contributed by atoms with Crippen molar-refractivity contribution in [3.63, 3.8) is 0 Å². The average Bonchev–Trinajstić information content (AvgIpc) is 2.39. The highest BCUT2D eigenvalue weighted by molar-refractivity contribution is 5.85. The summed E-state index contributed by atoms with van der Waals surface area (Å²) in [4.78, 5) is 10.8. The Kier molecular flexibility index (Phi) is 6.61. The van der Waals surface area contributed by atoms with Gasteiger partial charge < -0.3 is 10.1 Å². The van der Waals surface area contributed by atoms with E-state index in [-0.39, 0.29) is 5.91 Å². The van der Waals surface area contributed by atoms with E-state index in [4.69, 9.17) is 0 Å². The smallest absolute Gasteiger partial charge is 0.216 e. The SMILES string of the molecule is CC(=O)NCCc1cccc2ccccc12.COC. The van der Waals surface area contributed by atoms with E-state index in [2.05, 4.69) is 40.4 Å². The number of methoxy groups -OCH3 is 1. The van der Waals surface area contributed by atoms with Gasteiger partial charge in [0.15, 0.2) is 0 Å². The minimum atomic E-state index is 0.0280. The summed E-state index contributed by atoms with van der Waals surface area (Å²) in [6.07, 6.45) is 0.876. The second kappa shape index (κ2) is 8.27. The Morgan fingerprint density at radius 2 is 1.74 bits per heavy atom. The zero-order valence-electron chi connectivity index (χ0n) is 11.8. The molecule has 3 heteroatoms. The molecule has 0 saturated carbocycles. The third kappa shape index (κ3) is 5.10. The predicted octanol–water partition coefficient (Wildman–Crippen LogP) is 2.78. The highest BCUT2D eigenvalue weighted by Crippen LogP contribution is 2.18. The highest BCUT2D eigenvalue weighted by atomic mass is 16.4. The van der Waals surface area contributed by atoms with Gasteiger partial charge >= 0.3 is 0 Å². The van der Waals surface area contributed by atoms with Crippen molar-refractivity contribution >= 4 is 16.7 Å². The molecule has 0 spiro atoms. The highest BCUT2D eigenvalue weighted by Gasteiger charge is 2.00. The number of carbonyl (C=O) groups is 1. The summed E-state index contributed by atoms with van der Waals surface area (Å²) in [6.45, 7) is 2.24. The standard InChI is InChI=1S/C14H15NO.C2H6O/c1-11(16)15-10-9-13-7-4-6-12-5-2-3-8-14(12)13;1-3-2/h2-8H,9-10H2,1H3,(H,15,16);1-2H3. The molecule has 0 atom stereocenters. The van der Waals surface area contributed by atoms with Crippen LogP contribution in [-0.2, 0) is 16.0 Å². The van der Waals surface area contributed by atoms with Crippen molar-refractivity contribution in [2.75, 3.05) is 20.8 Å². The molecule has 0 radical (unpaired) electrons. The monoisotopic (exact) mass is 259 g/mol. The first kappa shape index (κ1) is 15.2. The van der Waals surface area contributed by atoms with Gasteiger partial charge in [-0.15, -0.1) is 0 Å². The van der Waals surface area contributed by atoms with Crippen LogP contribution in [0.5, 0.6) is 0 Å². The first-order valence-electron chi connectivity index (χ1n) is 6.30. The minimum absolute atomic E-state index is 0.0280. The Balaban J connectivity index is 0.000000550. The Morgan fingerprint density at radius 1 is 1.11 bits per heavy atom. The molecule has 0 aliphatic heterocycles. The third-order valence-corrected chi connectivity index (χ3v) is 2.65. The largest absolute Gasteiger partial charge is 0.388 e. The fourth-order valence-electron chi connectivity index (χ4n) is 1.88. The lowest BCUT2D eigenvalue weighted by Gasteiger charge is -2.06. The maximum atomic E-state index is 10.8. The van der Waals surface area contributed by atoms with Gasteiger partial charge in [0.1, 0.15) is 0 Å². The topological polar surface area (TPSA) is 38.3 Å². The minimum Gasteiger partial charge on any atom is -0.388 e. The summed E-state index contributed by atoms with van der Waals surface area (Å²) in [7, 11) is 3.25. The van der Waals surface area contributed by atoms with Gasteiger partial charge in [-0.05, 0) is 22.8 Å². The van der Waals surface area contributed by atoms with Gasteiger partial charge in [-0.25, -0.2) is 0 Å². The molecule has 19 heavy (non-hydrogen) atoms. The summed E-state index contributed by atoms with van der Waals surface area (Å²) in [6, 6.07) is 14.6. The van der Waals surface area contributed by atoms with Crippen molar-refractivity contribution in [3.05, 3.63) is 48.0 Å². The van der Waals surface area contributed by atoms with E-state index in [0.29, 0.717) is 6.54 Å². The van der Waals surface area contributed by atoms with Gasteiger partial charge in [0.2, 0.25) is 5.91 Å². The number of ether oxygens (including phenoxy) is 1. The number of amides is 1. The third-order valence-electron chi connectivity index (χ3n) is 2.65. The van der Waals surface area contributed by atoms with E-state index in [1.54, 1.807) is 21.1 Å². The van der Waals surface area contributed by atoms with Crippen LogP contribution >= 0.6 is 0 Å². The quantitative estimate of drug-likeness (QED) is 0.920. The van der Waals surface area contributed by atoms with Crippen LogP contribution in [0, 0.1) is 0 Å². The number of nitrogens with one attached hydrogen (secondary N) is 1. The van der Waals surface area contributed by atoms with Gasteiger partial charge in [0.05, 0.1) is 0 Å². The maximum absolute atomic E-state index is 10.8. The van der Waals surface area contributed by atoms with E-state index in [1.807, 2.05) is 12.1 Å². The number of carbonyl (C=O) groups excluding carboxylic acids is 1. The van der Waals surface area contributed by atoms with Crippen LogP contribution in [0.4, 0.5) is 0 Å². The van der Waals surface area contributed by atoms with Crippen molar-refractivity contribution in [1.82, 2.24) is 5.32 Å². The molecule has 0 unspecified atom stereocenters. The first-order valence-corrected chi connectivity index (χ1v) is 6.30. The van der Waals surface area contributed by atoms with Crippen LogP contribution in [0.1, 0.15) is 12.5 Å². The van der Waals surface area contributed by atoms with Crippen molar-refractivity contribution < 1.29 is 9.53 Å².